The summed E-state index contributed by atoms with van der Waals surface area (Å²) >= 11 is 2.88. The van der Waals surface area contributed by atoms with Crippen LogP contribution in [0.2, 0.25) is 0 Å². The Morgan fingerprint density at radius 3 is 2.31 bits per heavy atom. The van der Waals surface area contributed by atoms with E-state index < -0.39 is 5.97 Å². The Labute approximate surface area is 161 Å². The first kappa shape index (κ1) is 20.4. The van der Waals surface area contributed by atoms with Crippen molar-refractivity contribution in [2.24, 2.45) is 0 Å². The smallest absolute Gasteiger partial charge is 0.341 e. The van der Waals surface area contributed by atoms with Crippen molar-refractivity contribution < 1.29 is 14.3 Å². The van der Waals surface area contributed by atoms with E-state index in [2.05, 4.69) is 15.3 Å². The Bertz CT molecular complexity index is 823. The summed E-state index contributed by atoms with van der Waals surface area (Å²) in [6, 6.07) is 0. The molecular weight excluding hydrogens is 370 g/mol. The van der Waals surface area contributed by atoms with Crippen LogP contribution >= 0.6 is 23.1 Å². The maximum absolute atomic E-state index is 12.4. The first-order valence-electron chi connectivity index (χ1n) is 8.14. The lowest BCUT2D eigenvalue weighted by Gasteiger charge is -2.10. The van der Waals surface area contributed by atoms with Gasteiger partial charge < -0.3 is 10.1 Å². The van der Waals surface area contributed by atoms with E-state index >= 15 is 0 Å². The van der Waals surface area contributed by atoms with Crippen molar-refractivity contribution >= 4 is 40.0 Å². The number of methoxy groups -OCH3 is 1. The van der Waals surface area contributed by atoms with Crippen molar-refractivity contribution in [1.29, 1.82) is 0 Å². The minimum atomic E-state index is -0.435. The summed E-state index contributed by atoms with van der Waals surface area (Å²) in [5, 5.41) is 4.13. The monoisotopic (exact) mass is 393 g/mol. The molecule has 8 heteroatoms. The molecule has 0 atom stereocenters. The van der Waals surface area contributed by atoms with E-state index in [9.17, 15) is 9.59 Å². The number of nitrogens with one attached hydrogen (secondary N) is 1. The van der Waals surface area contributed by atoms with Gasteiger partial charge in [-0.15, -0.1) is 11.3 Å². The van der Waals surface area contributed by atoms with E-state index in [1.807, 2.05) is 34.0 Å². The minimum absolute atomic E-state index is 0.149. The fourth-order valence-electron chi connectivity index (χ4n) is 2.65. The second-order valence-corrected chi connectivity index (χ2v) is 7.88. The van der Waals surface area contributed by atoms with Gasteiger partial charge in [-0.1, -0.05) is 11.8 Å². The number of hydrogen-bond acceptors (Lipinski definition) is 7. The number of carbonyl (C=O) groups excluding carboxylic acids is 2. The number of amides is 1. The fourth-order valence-corrected chi connectivity index (χ4v) is 4.17. The average Bonchev–Trinajstić information content (AvgIpc) is 2.87. The number of carbonyl (C=O) groups is 2. The van der Waals surface area contributed by atoms with Crippen LogP contribution in [0.3, 0.4) is 0 Å². The zero-order valence-corrected chi connectivity index (χ0v) is 17.5. The zero-order valence-electron chi connectivity index (χ0n) is 15.8. The molecule has 0 bridgehead atoms. The largest absolute Gasteiger partial charge is 0.465 e. The molecule has 140 valence electrons. The highest BCUT2D eigenvalue weighted by molar-refractivity contribution is 7.98. The lowest BCUT2D eigenvalue weighted by molar-refractivity contribution is -0.116. The van der Waals surface area contributed by atoms with E-state index in [4.69, 9.17) is 4.74 Å². The van der Waals surface area contributed by atoms with Crippen LogP contribution in [0.25, 0.3) is 0 Å². The Morgan fingerprint density at radius 1 is 1.15 bits per heavy atom. The molecule has 2 rings (SSSR count). The third-order valence-electron chi connectivity index (χ3n) is 4.21. The van der Waals surface area contributed by atoms with Gasteiger partial charge in [0.2, 0.25) is 5.91 Å². The maximum Gasteiger partial charge on any atom is 0.341 e. The van der Waals surface area contributed by atoms with E-state index in [0.717, 1.165) is 32.5 Å². The highest BCUT2D eigenvalue weighted by Crippen LogP contribution is 2.33. The summed E-state index contributed by atoms with van der Waals surface area (Å²) in [6.07, 6.45) is 2.78. The number of thiophene rings is 1. The zero-order chi connectivity index (χ0) is 19.4. The molecule has 2 aromatic heterocycles. The van der Waals surface area contributed by atoms with Gasteiger partial charge in [-0.25, -0.2) is 14.8 Å². The molecule has 0 radical (unpaired) electrons. The quantitative estimate of drug-likeness (QED) is 0.456. The van der Waals surface area contributed by atoms with Crippen molar-refractivity contribution in [3.8, 4) is 0 Å². The molecule has 0 unspecified atom stereocenters. The van der Waals surface area contributed by atoms with E-state index in [1.54, 1.807) is 0 Å². The van der Waals surface area contributed by atoms with Crippen LogP contribution in [0.4, 0.5) is 5.00 Å². The SMILES string of the molecule is COC(=O)c1c(NC(=O)CCc2c(C)nc(SC)nc2C)sc(C)c1C. The van der Waals surface area contributed by atoms with Crippen molar-refractivity contribution in [3.05, 3.63) is 33.0 Å². The standard InChI is InChI=1S/C18H23N3O3S2/c1-9-12(4)26-16(15(9)17(23)24-5)21-14(22)8-7-13-10(2)19-18(25-6)20-11(13)3/h7-8H2,1-6H3,(H,21,22). The Balaban J connectivity index is 2.11. The predicted octanol–water partition coefficient (Wildman–Crippen LogP) is 3.85. The summed E-state index contributed by atoms with van der Waals surface area (Å²) in [5.41, 5.74) is 4.05. The number of ether oxygens (including phenoxy) is 1. The first-order valence-corrected chi connectivity index (χ1v) is 10.2. The molecule has 6 nitrogen and oxygen atoms in total. The normalized spacial score (nSPS) is 10.7. The highest BCUT2D eigenvalue weighted by atomic mass is 32.2. The predicted molar refractivity (Wildman–Crippen MR) is 105 cm³/mol. The van der Waals surface area contributed by atoms with Crippen LogP contribution < -0.4 is 5.32 Å². The lowest BCUT2D eigenvalue weighted by Crippen LogP contribution is -2.15. The molecule has 0 spiro atoms. The molecule has 0 aromatic carbocycles. The number of rotatable bonds is 6. The number of anilines is 1. The molecule has 0 saturated heterocycles. The molecule has 26 heavy (non-hydrogen) atoms. The number of aromatic nitrogens is 2. The van der Waals surface area contributed by atoms with Crippen LogP contribution in [0, 0.1) is 27.7 Å². The van der Waals surface area contributed by atoms with E-state index in [0.29, 0.717) is 23.4 Å². The second-order valence-electron chi connectivity index (χ2n) is 5.89. The van der Waals surface area contributed by atoms with Crippen molar-refractivity contribution in [2.75, 3.05) is 18.7 Å². The topological polar surface area (TPSA) is 81.2 Å². The maximum atomic E-state index is 12.4. The van der Waals surface area contributed by atoms with Crippen LogP contribution in [0.15, 0.2) is 5.16 Å². The third-order valence-corrected chi connectivity index (χ3v) is 5.88. The molecule has 0 saturated carbocycles. The molecule has 0 aliphatic heterocycles. The van der Waals surface area contributed by atoms with Gasteiger partial charge in [-0.05, 0) is 51.5 Å². The van der Waals surface area contributed by atoms with Crippen LogP contribution in [-0.4, -0.2) is 35.2 Å². The van der Waals surface area contributed by atoms with Crippen molar-refractivity contribution in [2.45, 2.75) is 45.7 Å². The highest BCUT2D eigenvalue weighted by Gasteiger charge is 2.21. The van der Waals surface area contributed by atoms with E-state index in [-0.39, 0.29) is 5.91 Å². The molecule has 1 amide bonds. The molecule has 0 aliphatic rings. The molecule has 0 aliphatic carbocycles. The second kappa shape index (κ2) is 8.64. The van der Waals surface area contributed by atoms with Crippen molar-refractivity contribution in [1.82, 2.24) is 9.97 Å². The van der Waals surface area contributed by atoms with Crippen LogP contribution in [0.5, 0.6) is 0 Å². The summed E-state index contributed by atoms with van der Waals surface area (Å²) in [7, 11) is 1.34. The average molecular weight is 394 g/mol. The molecule has 2 aromatic rings. The van der Waals surface area contributed by atoms with Crippen molar-refractivity contribution in [3.63, 3.8) is 0 Å². The molecular formula is C18H23N3O3S2. The molecule has 1 N–H and O–H groups in total. The molecule has 2 heterocycles. The van der Waals surface area contributed by atoms with Gasteiger partial charge >= 0.3 is 5.97 Å². The molecule has 0 fully saturated rings. The van der Waals surface area contributed by atoms with Gasteiger partial charge in [0.05, 0.1) is 12.7 Å². The third kappa shape index (κ3) is 4.42. The number of aryl methyl sites for hydroxylation is 3. The van der Waals surface area contributed by atoms with Crippen LogP contribution in [0.1, 0.15) is 44.2 Å². The summed E-state index contributed by atoms with van der Waals surface area (Å²) in [5.74, 6) is -0.584. The number of hydrogen-bond donors (Lipinski definition) is 1. The minimum Gasteiger partial charge on any atom is -0.465 e. The first-order chi connectivity index (χ1) is 12.3. The summed E-state index contributed by atoms with van der Waals surface area (Å²) in [4.78, 5) is 34.3. The fraction of sp³-hybridized carbons (Fsp3) is 0.444. The Morgan fingerprint density at radius 2 is 1.77 bits per heavy atom. The Hall–Kier alpha value is -1.93. The van der Waals surface area contributed by atoms with Gasteiger partial charge in [-0.2, -0.15) is 0 Å². The van der Waals surface area contributed by atoms with Gasteiger partial charge in [0, 0.05) is 22.7 Å². The number of nitrogens with zero attached hydrogens (tertiary/aromatic N) is 2. The van der Waals surface area contributed by atoms with Gasteiger partial charge in [-0.3, -0.25) is 4.79 Å². The number of esters is 1. The summed E-state index contributed by atoms with van der Waals surface area (Å²) in [6.45, 7) is 7.64. The summed E-state index contributed by atoms with van der Waals surface area (Å²) < 4.78 is 4.83. The lowest BCUT2D eigenvalue weighted by atomic mass is 10.1. The van der Waals surface area contributed by atoms with Gasteiger partial charge in [0.1, 0.15) is 5.00 Å². The van der Waals surface area contributed by atoms with Gasteiger partial charge in [0.15, 0.2) is 5.16 Å². The number of thioether (sulfide) groups is 1. The Kier molecular flexibility index (Phi) is 6.77. The van der Waals surface area contributed by atoms with Gasteiger partial charge in [0.25, 0.3) is 0 Å². The van der Waals surface area contributed by atoms with E-state index in [1.165, 1.54) is 30.2 Å². The van der Waals surface area contributed by atoms with Crippen LogP contribution in [-0.2, 0) is 16.0 Å².